The quantitative estimate of drug-likeness (QED) is 0.941. The number of hydrogen-bond donors (Lipinski definition) is 1. The highest BCUT2D eigenvalue weighted by atomic mass is 35.5. The molecule has 1 aromatic carbocycles. The van der Waals surface area contributed by atoms with Crippen molar-refractivity contribution in [2.24, 2.45) is 7.05 Å². The molecule has 0 bridgehead atoms. The standard InChI is InChI=1S/C13H16ClN3O2S/c1-9-13(10(2)17(3)16-9)8-15-20(18,19)12-6-4-5-11(14)7-12/h4-7,15H,8H2,1-3H3. The minimum atomic E-state index is -3.58. The number of nitrogens with zero attached hydrogens (tertiary/aromatic N) is 2. The van der Waals surface area contributed by atoms with E-state index < -0.39 is 10.0 Å². The Hall–Kier alpha value is -1.37. The molecule has 7 heteroatoms. The maximum Gasteiger partial charge on any atom is 0.240 e. The number of sulfonamides is 1. The van der Waals surface area contributed by atoms with Gasteiger partial charge >= 0.3 is 0 Å². The van der Waals surface area contributed by atoms with Crippen LogP contribution in [0.2, 0.25) is 5.02 Å². The summed E-state index contributed by atoms with van der Waals surface area (Å²) in [5, 5.41) is 4.65. The summed E-state index contributed by atoms with van der Waals surface area (Å²) in [5.74, 6) is 0. The van der Waals surface area contributed by atoms with Gasteiger partial charge < -0.3 is 0 Å². The summed E-state index contributed by atoms with van der Waals surface area (Å²) in [4.78, 5) is 0.157. The average molecular weight is 314 g/mol. The number of benzene rings is 1. The SMILES string of the molecule is Cc1nn(C)c(C)c1CNS(=O)(=O)c1cccc(Cl)c1. The molecule has 20 heavy (non-hydrogen) atoms. The van der Waals surface area contributed by atoms with Crippen molar-refractivity contribution in [1.29, 1.82) is 0 Å². The second-order valence-electron chi connectivity index (χ2n) is 4.55. The van der Waals surface area contributed by atoms with E-state index >= 15 is 0 Å². The van der Waals surface area contributed by atoms with E-state index in [0.29, 0.717) is 5.02 Å². The highest BCUT2D eigenvalue weighted by Crippen LogP contribution is 2.17. The van der Waals surface area contributed by atoms with E-state index in [-0.39, 0.29) is 11.4 Å². The molecular weight excluding hydrogens is 298 g/mol. The Bertz CT molecular complexity index is 738. The van der Waals surface area contributed by atoms with E-state index in [2.05, 4.69) is 9.82 Å². The van der Waals surface area contributed by atoms with Crippen molar-refractivity contribution in [3.05, 3.63) is 46.2 Å². The predicted octanol–water partition coefficient (Wildman–Crippen LogP) is 2.17. The summed E-state index contributed by atoms with van der Waals surface area (Å²) in [6, 6.07) is 6.18. The zero-order chi connectivity index (χ0) is 14.9. The van der Waals surface area contributed by atoms with Gasteiger partial charge in [-0.3, -0.25) is 4.68 Å². The molecule has 0 saturated heterocycles. The van der Waals surface area contributed by atoms with Gasteiger partial charge in [0.1, 0.15) is 0 Å². The van der Waals surface area contributed by atoms with E-state index in [1.165, 1.54) is 12.1 Å². The van der Waals surface area contributed by atoms with Crippen LogP contribution in [0.3, 0.4) is 0 Å². The Balaban J connectivity index is 2.22. The van der Waals surface area contributed by atoms with E-state index in [4.69, 9.17) is 11.6 Å². The molecule has 0 aliphatic heterocycles. The molecule has 1 N–H and O–H groups in total. The molecule has 0 atom stereocenters. The Kier molecular flexibility index (Phi) is 4.17. The summed E-state index contributed by atoms with van der Waals surface area (Å²) in [7, 11) is -1.75. The summed E-state index contributed by atoms with van der Waals surface area (Å²) < 4.78 is 28.7. The minimum absolute atomic E-state index is 0.157. The molecule has 0 aliphatic rings. The van der Waals surface area contributed by atoms with E-state index in [1.807, 2.05) is 20.9 Å². The molecule has 0 spiro atoms. The predicted molar refractivity (Wildman–Crippen MR) is 78.2 cm³/mol. The molecule has 0 radical (unpaired) electrons. The topological polar surface area (TPSA) is 64.0 Å². The highest BCUT2D eigenvalue weighted by Gasteiger charge is 2.16. The van der Waals surface area contributed by atoms with Crippen molar-refractivity contribution in [3.63, 3.8) is 0 Å². The number of halogens is 1. The zero-order valence-electron chi connectivity index (χ0n) is 11.5. The lowest BCUT2D eigenvalue weighted by atomic mass is 10.2. The number of aryl methyl sites for hydroxylation is 2. The van der Waals surface area contributed by atoms with Gasteiger partial charge in [-0.05, 0) is 32.0 Å². The lowest BCUT2D eigenvalue weighted by Crippen LogP contribution is -2.23. The fourth-order valence-corrected chi connectivity index (χ4v) is 3.25. The third-order valence-electron chi connectivity index (χ3n) is 3.20. The number of nitrogens with one attached hydrogen (secondary N) is 1. The molecule has 2 rings (SSSR count). The molecule has 0 amide bonds. The van der Waals surface area contributed by atoms with Gasteiger partial charge in [0.2, 0.25) is 10.0 Å². The van der Waals surface area contributed by atoms with Gasteiger partial charge in [-0.1, -0.05) is 17.7 Å². The number of rotatable bonds is 4. The Labute approximate surface area is 123 Å². The first-order valence-corrected chi connectivity index (χ1v) is 7.91. The molecular formula is C13H16ClN3O2S. The maximum absolute atomic E-state index is 12.2. The van der Waals surface area contributed by atoms with Crippen LogP contribution in [-0.4, -0.2) is 18.2 Å². The van der Waals surface area contributed by atoms with E-state index in [0.717, 1.165) is 17.0 Å². The van der Waals surface area contributed by atoms with Crippen LogP contribution >= 0.6 is 11.6 Å². The van der Waals surface area contributed by atoms with Crippen LogP contribution in [0, 0.1) is 13.8 Å². The molecule has 108 valence electrons. The van der Waals surface area contributed by atoms with Gasteiger partial charge in [0.25, 0.3) is 0 Å². The van der Waals surface area contributed by atoms with Crippen molar-refractivity contribution in [2.75, 3.05) is 0 Å². The molecule has 5 nitrogen and oxygen atoms in total. The van der Waals surface area contributed by atoms with Gasteiger partial charge in [-0.2, -0.15) is 5.10 Å². The molecule has 0 unspecified atom stereocenters. The van der Waals surface area contributed by atoms with Crippen molar-refractivity contribution in [1.82, 2.24) is 14.5 Å². The van der Waals surface area contributed by atoms with Gasteiger partial charge in [-0.15, -0.1) is 0 Å². The fourth-order valence-electron chi connectivity index (χ4n) is 1.96. The van der Waals surface area contributed by atoms with Gasteiger partial charge in [0.15, 0.2) is 0 Å². The Morgan fingerprint density at radius 1 is 1.35 bits per heavy atom. The van der Waals surface area contributed by atoms with Gasteiger partial charge in [-0.25, -0.2) is 13.1 Å². The van der Waals surface area contributed by atoms with Crippen LogP contribution in [0.1, 0.15) is 17.0 Å². The second kappa shape index (κ2) is 5.55. The summed E-state index contributed by atoms with van der Waals surface area (Å²) >= 11 is 5.82. The smallest absolute Gasteiger partial charge is 0.240 e. The Morgan fingerprint density at radius 2 is 2.05 bits per heavy atom. The first-order valence-electron chi connectivity index (χ1n) is 6.05. The Morgan fingerprint density at radius 3 is 2.60 bits per heavy atom. The molecule has 1 heterocycles. The second-order valence-corrected chi connectivity index (χ2v) is 6.76. The summed E-state index contributed by atoms with van der Waals surface area (Å²) in [6.07, 6.45) is 0. The zero-order valence-corrected chi connectivity index (χ0v) is 13.1. The molecule has 1 aromatic heterocycles. The normalized spacial score (nSPS) is 11.8. The largest absolute Gasteiger partial charge is 0.272 e. The lowest BCUT2D eigenvalue weighted by molar-refractivity contribution is 0.581. The van der Waals surface area contributed by atoms with E-state index in [1.54, 1.807) is 16.8 Å². The molecule has 0 saturated carbocycles. The maximum atomic E-state index is 12.2. The first kappa shape index (κ1) is 15.0. The number of hydrogen-bond acceptors (Lipinski definition) is 3. The monoisotopic (exact) mass is 313 g/mol. The van der Waals surface area contributed by atoms with Crippen LogP contribution < -0.4 is 4.72 Å². The van der Waals surface area contributed by atoms with Crippen LogP contribution in [0.4, 0.5) is 0 Å². The van der Waals surface area contributed by atoms with Crippen molar-refractivity contribution in [2.45, 2.75) is 25.3 Å². The average Bonchev–Trinajstić information content (AvgIpc) is 2.61. The number of aromatic nitrogens is 2. The highest BCUT2D eigenvalue weighted by molar-refractivity contribution is 7.89. The minimum Gasteiger partial charge on any atom is -0.272 e. The van der Waals surface area contributed by atoms with Crippen LogP contribution in [-0.2, 0) is 23.6 Å². The third kappa shape index (κ3) is 3.03. The van der Waals surface area contributed by atoms with Crippen LogP contribution in [0.25, 0.3) is 0 Å². The third-order valence-corrected chi connectivity index (χ3v) is 4.84. The molecule has 2 aromatic rings. The van der Waals surface area contributed by atoms with Crippen molar-refractivity contribution < 1.29 is 8.42 Å². The van der Waals surface area contributed by atoms with E-state index in [9.17, 15) is 8.42 Å². The van der Waals surface area contributed by atoms with Crippen molar-refractivity contribution >= 4 is 21.6 Å². The van der Waals surface area contributed by atoms with Gasteiger partial charge in [0, 0.05) is 29.9 Å². The first-order chi connectivity index (χ1) is 9.31. The summed E-state index contributed by atoms with van der Waals surface area (Å²) in [6.45, 7) is 3.97. The lowest BCUT2D eigenvalue weighted by Gasteiger charge is -2.07. The van der Waals surface area contributed by atoms with Gasteiger partial charge in [0.05, 0.1) is 10.6 Å². The fraction of sp³-hybridized carbons (Fsp3) is 0.308. The van der Waals surface area contributed by atoms with Crippen molar-refractivity contribution in [3.8, 4) is 0 Å². The molecule has 0 fully saturated rings. The van der Waals surface area contributed by atoms with Crippen LogP contribution in [0.5, 0.6) is 0 Å². The summed E-state index contributed by atoms with van der Waals surface area (Å²) in [5.41, 5.74) is 2.65. The molecule has 0 aliphatic carbocycles. The van der Waals surface area contributed by atoms with Crippen LogP contribution in [0.15, 0.2) is 29.2 Å².